The summed E-state index contributed by atoms with van der Waals surface area (Å²) in [6, 6.07) is 3.21. The molecule has 2 rings (SSSR count). The highest BCUT2D eigenvalue weighted by molar-refractivity contribution is 5.95. The maximum absolute atomic E-state index is 10.8. The Kier molecular flexibility index (Phi) is 3.69. The number of nitrogens with two attached hydrogens (primary N) is 1. The van der Waals surface area contributed by atoms with Crippen molar-refractivity contribution in [2.45, 2.75) is 12.5 Å². The number of nitrogens with zero attached hydrogens (tertiary/aromatic N) is 3. The number of carboxylic acid groups (broad SMARTS) is 1. The number of oxime groups is 1. The summed E-state index contributed by atoms with van der Waals surface area (Å²) < 4.78 is 5.61. The van der Waals surface area contributed by atoms with Gasteiger partial charge in [0.2, 0.25) is 0 Å². The monoisotopic (exact) mass is 266 g/mol. The number of rotatable bonds is 3. The molecule has 4 N–H and O–H groups in total. The van der Waals surface area contributed by atoms with Crippen LogP contribution in [0.3, 0.4) is 0 Å². The lowest BCUT2D eigenvalue weighted by atomic mass is 10.3. The lowest BCUT2D eigenvalue weighted by Gasteiger charge is -2.14. The molecule has 1 amide bonds. The molecule has 1 fully saturated rings. The van der Waals surface area contributed by atoms with E-state index >= 15 is 0 Å². The topological polar surface area (TPSA) is 121 Å². The number of aromatic nitrogens is 1. The molecule has 0 spiro atoms. The summed E-state index contributed by atoms with van der Waals surface area (Å²) in [5, 5.41) is 20.2. The molecule has 1 aliphatic heterocycles. The fraction of sp³-hybridized carbons (Fsp3) is 0.364. The van der Waals surface area contributed by atoms with Crippen LogP contribution in [0.5, 0.6) is 5.75 Å². The van der Waals surface area contributed by atoms with E-state index in [2.05, 4.69) is 10.1 Å². The Morgan fingerprint density at radius 2 is 2.37 bits per heavy atom. The molecule has 1 aromatic rings. The Morgan fingerprint density at radius 1 is 1.58 bits per heavy atom. The number of carbonyl (C=O) groups is 1. The van der Waals surface area contributed by atoms with Crippen LogP contribution in [0, 0.1) is 0 Å². The van der Waals surface area contributed by atoms with E-state index in [1.165, 1.54) is 11.1 Å². The molecular weight excluding hydrogens is 252 g/mol. The van der Waals surface area contributed by atoms with Gasteiger partial charge in [0.15, 0.2) is 5.84 Å². The highest BCUT2D eigenvalue weighted by atomic mass is 16.5. The number of amidine groups is 1. The van der Waals surface area contributed by atoms with Gasteiger partial charge in [0.1, 0.15) is 17.5 Å². The third-order valence-corrected chi connectivity index (χ3v) is 2.82. The third-order valence-electron chi connectivity index (χ3n) is 2.82. The van der Waals surface area contributed by atoms with Gasteiger partial charge in [-0.3, -0.25) is 0 Å². The van der Waals surface area contributed by atoms with Crippen LogP contribution in [0.15, 0.2) is 23.5 Å². The van der Waals surface area contributed by atoms with Crippen LogP contribution in [0.4, 0.5) is 4.79 Å². The van der Waals surface area contributed by atoms with E-state index in [0.29, 0.717) is 31.0 Å². The standard InChI is InChI=1S/C11H14N4O4/c12-10(14-18)9-2-1-7(5-13-9)19-8-3-4-15(6-8)11(16)17/h1-2,5,8,18H,3-4,6H2,(H2,12,14)(H,16,17)/t8-/m0/s1. The van der Waals surface area contributed by atoms with Gasteiger partial charge in [0.25, 0.3) is 0 Å². The zero-order valence-electron chi connectivity index (χ0n) is 10.1. The van der Waals surface area contributed by atoms with Crippen LogP contribution in [0.1, 0.15) is 12.1 Å². The Bertz CT molecular complexity index is 488. The maximum Gasteiger partial charge on any atom is 0.407 e. The van der Waals surface area contributed by atoms with E-state index in [4.69, 9.17) is 20.8 Å². The molecule has 1 saturated heterocycles. The first kappa shape index (κ1) is 12.9. The van der Waals surface area contributed by atoms with Crippen molar-refractivity contribution in [1.29, 1.82) is 0 Å². The molecule has 0 unspecified atom stereocenters. The van der Waals surface area contributed by atoms with Crippen molar-refractivity contribution in [1.82, 2.24) is 9.88 Å². The van der Waals surface area contributed by atoms with Gasteiger partial charge in [0, 0.05) is 13.0 Å². The van der Waals surface area contributed by atoms with E-state index in [1.54, 1.807) is 12.1 Å². The number of ether oxygens (including phenoxy) is 1. The molecule has 1 atom stereocenters. The van der Waals surface area contributed by atoms with Gasteiger partial charge in [-0.2, -0.15) is 0 Å². The fourth-order valence-electron chi connectivity index (χ4n) is 1.84. The van der Waals surface area contributed by atoms with Crippen molar-refractivity contribution in [2.24, 2.45) is 10.9 Å². The summed E-state index contributed by atoms with van der Waals surface area (Å²) in [6.45, 7) is 0.812. The van der Waals surface area contributed by atoms with Crippen LogP contribution >= 0.6 is 0 Å². The van der Waals surface area contributed by atoms with Crippen molar-refractivity contribution >= 4 is 11.9 Å². The molecule has 1 aromatic heterocycles. The molecule has 0 bridgehead atoms. The SMILES string of the molecule is NC(=NO)c1ccc(O[C@H]2CCN(C(=O)O)C2)cn1. The Labute approximate surface area is 109 Å². The number of hydrogen-bond acceptors (Lipinski definition) is 5. The van der Waals surface area contributed by atoms with E-state index in [1.807, 2.05) is 0 Å². The zero-order chi connectivity index (χ0) is 13.8. The lowest BCUT2D eigenvalue weighted by Crippen LogP contribution is -2.29. The van der Waals surface area contributed by atoms with Crippen LogP contribution in [-0.4, -0.2) is 51.3 Å². The molecule has 19 heavy (non-hydrogen) atoms. The second-order valence-corrected chi connectivity index (χ2v) is 4.12. The number of pyridine rings is 1. The molecular formula is C11H14N4O4. The minimum Gasteiger partial charge on any atom is -0.487 e. The van der Waals surface area contributed by atoms with Crippen molar-refractivity contribution in [3.63, 3.8) is 0 Å². The largest absolute Gasteiger partial charge is 0.487 e. The van der Waals surface area contributed by atoms with E-state index in [0.717, 1.165) is 0 Å². The van der Waals surface area contributed by atoms with Crippen LogP contribution in [0.2, 0.25) is 0 Å². The summed E-state index contributed by atoms with van der Waals surface area (Å²) >= 11 is 0. The molecule has 0 saturated carbocycles. The highest BCUT2D eigenvalue weighted by Gasteiger charge is 2.27. The maximum atomic E-state index is 10.8. The average Bonchev–Trinajstić information content (AvgIpc) is 2.87. The molecule has 1 aliphatic rings. The first-order valence-electron chi connectivity index (χ1n) is 5.68. The first-order valence-corrected chi connectivity index (χ1v) is 5.68. The van der Waals surface area contributed by atoms with E-state index < -0.39 is 6.09 Å². The van der Waals surface area contributed by atoms with Crippen molar-refractivity contribution in [3.8, 4) is 5.75 Å². The van der Waals surface area contributed by atoms with Crippen molar-refractivity contribution < 1.29 is 19.8 Å². The summed E-state index contributed by atoms with van der Waals surface area (Å²) in [5.41, 5.74) is 5.73. The normalized spacial score (nSPS) is 19.5. The van der Waals surface area contributed by atoms with Crippen molar-refractivity contribution in [3.05, 3.63) is 24.0 Å². The summed E-state index contributed by atoms with van der Waals surface area (Å²) in [5.74, 6) is 0.441. The Morgan fingerprint density at radius 3 is 2.89 bits per heavy atom. The van der Waals surface area contributed by atoms with Crippen LogP contribution in [-0.2, 0) is 0 Å². The highest BCUT2D eigenvalue weighted by Crippen LogP contribution is 2.17. The van der Waals surface area contributed by atoms with Gasteiger partial charge in [-0.1, -0.05) is 5.16 Å². The molecule has 8 nitrogen and oxygen atoms in total. The predicted octanol–water partition coefficient (Wildman–Crippen LogP) is 0.307. The Hall–Kier alpha value is -2.51. The first-order chi connectivity index (χ1) is 9.10. The summed E-state index contributed by atoms with van der Waals surface area (Å²) in [4.78, 5) is 16.0. The third kappa shape index (κ3) is 3.03. The van der Waals surface area contributed by atoms with Gasteiger partial charge < -0.3 is 25.7 Å². The molecule has 0 aromatic carbocycles. The zero-order valence-corrected chi connectivity index (χ0v) is 10.1. The molecule has 8 heteroatoms. The quantitative estimate of drug-likeness (QED) is 0.313. The number of hydrogen-bond donors (Lipinski definition) is 3. The van der Waals surface area contributed by atoms with E-state index in [-0.39, 0.29) is 11.9 Å². The fourth-order valence-corrected chi connectivity index (χ4v) is 1.84. The number of amides is 1. The summed E-state index contributed by atoms with van der Waals surface area (Å²) in [6.07, 6.45) is 0.990. The van der Waals surface area contributed by atoms with Gasteiger partial charge in [-0.25, -0.2) is 9.78 Å². The smallest absolute Gasteiger partial charge is 0.407 e. The second kappa shape index (κ2) is 5.42. The van der Waals surface area contributed by atoms with Gasteiger partial charge >= 0.3 is 6.09 Å². The minimum absolute atomic E-state index is 0.0792. The van der Waals surface area contributed by atoms with Crippen molar-refractivity contribution in [2.75, 3.05) is 13.1 Å². The molecule has 2 heterocycles. The van der Waals surface area contributed by atoms with Gasteiger partial charge in [0.05, 0.1) is 12.7 Å². The minimum atomic E-state index is -0.938. The van der Waals surface area contributed by atoms with E-state index in [9.17, 15) is 4.79 Å². The number of likely N-dealkylation sites (tertiary alicyclic amines) is 1. The second-order valence-electron chi connectivity index (χ2n) is 4.12. The van der Waals surface area contributed by atoms with Gasteiger partial charge in [-0.05, 0) is 12.1 Å². The molecule has 0 radical (unpaired) electrons. The predicted molar refractivity (Wildman–Crippen MR) is 65.4 cm³/mol. The van der Waals surface area contributed by atoms with Gasteiger partial charge in [-0.15, -0.1) is 0 Å². The van der Waals surface area contributed by atoms with Crippen LogP contribution < -0.4 is 10.5 Å². The summed E-state index contributed by atoms with van der Waals surface area (Å²) in [7, 11) is 0. The average molecular weight is 266 g/mol. The molecule has 0 aliphatic carbocycles. The lowest BCUT2D eigenvalue weighted by molar-refractivity contribution is 0.145. The Balaban J connectivity index is 1.95. The molecule has 102 valence electrons. The van der Waals surface area contributed by atoms with Crippen LogP contribution in [0.25, 0.3) is 0 Å².